The van der Waals surface area contributed by atoms with Crippen molar-refractivity contribution in [3.63, 3.8) is 0 Å². The molecule has 0 spiro atoms. The Labute approximate surface area is 99.8 Å². The van der Waals surface area contributed by atoms with Gasteiger partial charge >= 0.3 is 0 Å². The maximum atomic E-state index is 6.02. The molecule has 90 valence electrons. The number of aromatic nitrogens is 1. The third kappa shape index (κ3) is 2.79. The fourth-order valence-corrected chi connectivity index (χ4v) is 2.75. The molecule has 2 atom stereocenters. The molecular weight excluding hydrogens is 224 g/mol. The second-order valence-electron chi connectivity index (χ2n) is 4.00. The molecule has 2 unspecified atom stereocenters. The van der Waals surface area contributed by atoms with Crippen LogP contribution in [0.15, 0.2) is 5.38 Å². The first-order valence-electron chi connectivity index (χ1n) is 5.62. The lowest BCUT2D eigenvalue weighted by molar-refractivity contribution is 0.111. The molecule has 1 saturated heterocycles. The average Bonchev–Trinajstić information content (AvgIpc) is 2.94. The SMILES string of the molecule is COCCC(N)c1csc(C2CCCO2)n1. The van der Waals surface area contributed by atoms with Gasteiger partial charge in [0.1, 0.15) is 11.1 Å². The van der Waals surface area contributed by atoms with Crippen LogP contribution in [0.3, 0.4) is 0 Å². The zero-order chi connectivity index (χ0) is 11.4. The predicted octanol–water partition coefficient (Wildman–Crippen LogP) is 2.03. The van der Waals surface area contributed by atoms with Crippen LogP contribution in [-0.2, 0) is 9.47 Å². The van der Waals surface area contributed by atoms with E-state index in [1.54, 1.807) is 18.4 Å². The number of rotatable bonds is 5. The van der Waals surface area contributed by atoms with E-state index in [2.05, 4.69) is 4.98 Å². The zero-order valence-electron chi connectivity index (χ0n) is 9.52. The van der Waals surface area contributed by atoms with Gasteiger partial charge in [0, 0.05) is 25.7 Å². The van der Waals surface area contributed by atoms with Crippen molar-refractivity contribution < 1.29 is 9.47 Å². The number of thiazole rings is 1. The van der Waals surface area contributed by atoms with E-state index >= 15 is 0 Å². The van der Waals surface area contributed by atoms with E-state index in [4.69, 9.17) is 15.2 Å². The summed E-state index contributed by atoms with van der Waals surface area (Å²) in [7, 11) is 1.69. The van der Waals surface area contributed by atoms with Crippen LogP contribution < -0.4 is 5.73 Å². The number of ether oxygens (including phenoxy) is 2. The van der Waals surface area contributed by atoms with Crippen molar-refractivity contribution in [2.75, 3.05) is 20.3 Å². The van der Waals surface area contributed by atoms with Gasteiger partial charge in [0.2, 0.25) is 0 Å². The van der Waals surface area contributed by atoms with E-state index in [-0.39, 0.29) is 12.1 Å². The molecule has 1 aromatic heterocycles. The molecule has 0 saturated carbocycles. The van der Waals surface area contributed by atoms with Gasteiger partial charge in [-0.1, -0.05) is 0 Å². The van der Waals surface area contributed by atoms with Gasteiger partial charge in [-0.3, -0.25) is 0 Å². The number of hydrogen-bond acceptors (Lipinski definition) is 5. The van der Waals surface area contributed by atoms with Gasteiger partial charge < -0.3 is 15.2 Å². The van der Waals surface area contributed by atoms with Gasteiger partial charge in [0.05, 0.1) is 11.7 Å². The van der Waals surface area contributed by atoms with Crippen molar-refractivity contribution >= 4 is 11.3 Å². The summed E-state index contributed by atoms with van der Waals surface area (Å²) in [6.07, 6.45) is 3.23. The van der Waals surface area contributed by atoms with E-state index in [9.17, 15) is 0 Å². The Kier molecular flexibility index (Phi) is 4.29. The summed E-state index contributed by atoms with van der Waals surface area (Å²) in [5, 5.41) is 3.11. The smallest absolute Gasteiger partial charge is 0.122 e. The normalized spacial score (nSPS) is 22.5. The van der Waals surface area contributed by atoms with Crippen LogP contribution >= 0.6 is 11.3 Å². The van der Waals surface area contributed by atoms with Crippen LogP contribution in [-0.4, -0.2) is 25.3 Å². The zero-order valence-corrected chi connectivity index (χ0v) is 10.3. The van der Waals surface area contributed by atoms with Crippen LogP contribution in [0.5, 0.6) is 0 Å². The molecule has 0 radical (unpaired) electrons. The Morgan fingerprint density at radius 2 is 2.62 bits per heavy atom. The first-order chi connectivity index (χ1) is 7.81. The fourth-order valence-electron chi connectivity index (χ4n) is 1.78. The molecule has 0 bridgehead atoms. The van der Waals surface area contributed by atoms with Crippen LogP contribution in [0.1, 0.15) is 42.1 Å². The number of nitrogens with two attached hydrogens (primary N) is 1. The molecule has 2 N–H and O–H groups in total. The van der Waals surface area contributed by atoms with E-state index in [1.807, 2.05) is 5.38 Å². The lowest BCUT2D eigenvalue weighted by Crippen LogP contribution is -2.13. The Hall–Kier alpha value is -0.490. The van der Waals surface area contributed by atoms with Crippen LogP contribution in [0.2, 0.25) is 0 Å². The largest absolute Gasteiger partial charge is 0.385 e. The molecule has 16 heavy (non-hydrogen) atoms. The molecule has 5 heteroatoms. The van der Waals surface area contributed by atoms with Gasteiger partial charge in [-0.25, -0.2) is 4.98 Å². The molecule has 2 rings (SSSR count). The molecule has 1 fully saturated rings. The summed E-state index contributed by atoms with van der Waals surface area (Å²) in [6.45, 7) is 1.53. The number of hydrogen-bond donors (Lipinski definition) is 1. The first-order valence-corrected chi connectivity index (χ1v) is 6.50. The quantitative estimate of drug-likeness (QED) is 0.858. The Morgan fingerprint density at radius 1 is 1.75 bits per heavy atom. The summed E-state index contributed by atoms with van der Waals surface area (Å²) in [6, 6.07) is -0.0219. The van der Waals surface area contributed by atoms with Crippen molar-refractivity contribution in [1.82, 2.24) is 4.98 Å². The fraction of sp³-hybridized carbons (Fsp3) is 0.727. The minimum absolute atomic E-state index is 0.0219. The van der Waals surface area contributed by atoms with Gasteiger partial charge in [-0.05, 0) is 19.3 Å². The highest BCUT2D eigenvalue weighted by atomic mass is 32.1. The molecular formula is C11H18N2O2S. The minimum atomic E-state index is -0.0219. The van der Waals surface area contributed by atoms with E-state index in [0.29, 0.717) is 6.61 Å². The van der Waals surface area contributed by atoms with Crippen LogP contribution in [0.25, 0.3) is 0 Å². The van der Waals surface area contributed by atoms with Crippen LogP contribution in [0.4, 0.5) is 0 Å². The average molecular weight is 242 g/mol. The highest BCUT2D eigenvalue weighted by Gasteiger charge is 2.21. The maximum absolute atomic E-state index is 6.02. The highest BCUT2D eigenvalue weighted by Crippen LogP contribution is 2.31. The van der Waals surface area contributed by atoms with Gasteiger partial charge in [0.15, 0.2) is 0 Å². The number of nitrogens with zero attached hydrogens (tertiary/aromatic N) is 1. The molecule has 1 aromatic rings. The van der Waals surface area contributed by atoms with Crippen molar-refractivity contribution in [3.05, 3.63) is 16.1 Å². The van der Waals surface area contributed by atoms with Crippen molar-refractivity contribution in [2.45, 2.75) is 31.4 Å². The van der Waals surface area contributed by atoms with Crippen molar-refractivity contribution in [2.24, 2.45) is 5.73 Å². The predicted molar refractivity (Wildman–Crippen MR) is 63.5 cm³/mol. The third-order valence-electron chi connectivity index (χ3n) is 2.76. The van der Waals surface area contributed by atoms with Gasteiger partial charge in [-0.15, -0.1) is 11.3 Å². The molecule has 1 aliphatic rings. The van der Waals surface area contributed by atoms with Crippen molar-refractivity contribution in [1.29, 1.82) is 0 Å². The second kappa shape index (κ2) is 5.72. The standard InChI is InChI=1S/C11H18N2O2S/c1-14-6-4-8(12)9-7-16-11(13-9)10-3-2-5-15-10/h7-8,10H,2-6,12H2,1H3. The molecule has 0 aromatic carbocycles. The first kappa shape index (κ1) is 12.0. The molecule has 2 heterocycles. The monoisotopic (exact) mass is 242 g/mol. The second-order valence-corrected chi connectivity index (χ2v) is 4.89. The molecule has 4 nitrogen and oxygen atoms in total. The Balaban J connectivity index is 1.95. The molecule has 0 aliphatic carbocycles. The molecule has 0 amide bonds. The summed E-state index contributed by atoms with van der Waals surface area (Å²) in [5.74, 6) is 0. The number of methoxy groups -OCH3 is 1. The highest BCUT2D eigenvalue weighted by molar-refractivity contribution is 7.09. The Morgan fingerprint density at radius 3 is 3.31 bits per heavy atom. The van der Waals surface area contributed by atoms with Gasteiger partial charge in [0.25, 0.3) is 0 Å². The van der Waals surface area contributed by atoms with Crippen molar-refractivity contribution in [3.8, 4) is 0 Å². The summed E-state index contributed by atoms with van der Waals surface area (Å²) < 4.78 is 10.6. The Bertz CT molecular complexity index is 324. The van der Waals surface area contributed by atoms with E-state index in [0.717, 1.165) is 36.6 Å². The third-order valence-corrected chi connectivity index (χ3v) is 3.71. The minimum Gasteiger partial charge on any atom is -0.385 e. The summed E-state index contributed by atoms with van der Waals surface area (Å²) >= 11 is 1.65. The van der Waals surface area contributed by atoms with E-state index in [1.165, 1.54) is 0 Å². The van der Waals surface area contributed by atoms with Crippen LogP contribution in [0, 0.1) is 0 Å². The summed E-state index contributed by atoms with van der Waals surface area (Å²) in [5.41, 5.74) is 6.98. The maximum Gasteiger partial charge on any atom is 0.122 e. The van der Waals surface area contributed by atoms with E-state index < -0.39 is 0 Å². The summed E-state index contributed by atoms with van der Waals surface area (Å²) in [4.78, 5) is 4.56. The molecule has 1 aliphatic heterocycles. The van der Waals surface area contributed by atoms with Gasteiger partial charge in [-0.2, -0.15) is 0 Å². The lowest BCUT2D eigenvalue weighted by atomic mass is 10.2. The topological polar surface area (TPSA) is 57.4 Å². The lowest BCUT2D eigenvalue weighted by Gasteiger charge is -2.08.